The number of hydrogen-bond donors (Lipinski definition) is 1. The molecule has 23 heavy (non-hydrogen) atoms. The molecule has 0 radical (unpaired) electrons. The summed E-state index contributed by atoms with van der Waals surface area (Å²) in [7, 11) is 0. The molecule has 2 fully saturated rings. The van der Waals surface area contributed by atoms with Crippen LogP contribution in [-0.2, 0) is 23.8 Å². The lowest BCUT2D eigenvalue weighted by Gasteiger charge is -2.39. The molecule has 0 aromatic heterocycles. The molecule has 2 bridgehead atoms. The number of rotatable bonds is 10. The Morgan fingerprint density at radius 2 is 1.57 bits per heavy atom. The van der Waals surface area contributed by atoms with E-state index in [0.29, 0.717) is 12.5 Å². The largest absolute Gasteiger partial charge is 0.480 e. The Kier molecular flexibility index (Phi) is 7.82. The molecule has 0 heterocycles. The van der Waals surface area contributed by atoms with E-state index in [2.05, 4.69) is 0 Å². The van der Waals surface area contributed by atoms with Gasteiger partial charge in [0.1, 0.15) is 13.2 Å². The van der Waals surface area contributed by atoms with Gasteiger partial charge in [-0.25, -0.2) is 9.59 Å². The van der Waals surface area contributed by atoms with E-state index in [1.807, 2.05) is 0 Å². The minimum Gasteiger partial charge on any atom is -0.480 e. The molecule has 2 aliphatic rings. The molecule has 2 rings (SSSR count). The van der Waals surface area contributed by atoms with E-state index in [1.165, 1.54) is 38.5 Å². The predicted molar refractivity (Wildman–Crippen MR) is 83.0 cm³/mol. The fraction of sp³-hybridized carbons (Fsp3) is 0.882. The molecule has 0 spiro atoms. The zero-order valence-electron chi connectivity index (χ0n) is 13.7. The van der Waals surface area contributed by atoms with Crippen molar-refractivity contribution in [1.29, 1.82) is 0 Å². The predicted octanol–water partition coefficient (Wildman–Crippen LogP) is 2.25. The van der Waals surface area contributed by atoms with Crippen LogP contribution in [0.3, 0.4) is 0 Å². The van der Waals surface area contributed by atoms with Gasteiger partial charge in [-0.15, -0.1) is 0 Å². The van der Waals surface area contributed by atoms with E-state index >= 15 is 0 Å². The lowest BCUT2D eigenvalue weighted by Crippen LogP contribution is -2.27. The van der Waals surface area contributed by atoms with E-state index in [4.69, 9.17) is 19.3 Å². The maximum atomic E-state index is 11.5. The van der Waals surface area contributed by atoms with Crippen LogP contribution < -0.4 is 0 Å². The molecule has 0 amide bonds. The highest BCUT2D eigenvalue weighted by atomic mass is 16.6. The number of carboxylic acid groups (broad SMARTS) is 1. The van der Waals surface area contributed by atoms with Crippen molar-refractivity contribution in [2.75, 3.05) is 33.0 Å². The molecule has 0 saturated heterocycles. The van der Waals surface area contributed by atoms with Gasteiger partial charge in [0.2, 0.25) is 0 Å². The lowest BCUT2D eigenvalue weighted by molar-refractivity contribution is -0.151. The number of ether oxygens (including phenoxy) is 3. The maximum absolute atomic E-state index is 11.5. The number of hydrogen-bond acceptors (Lipinski definition) is 5. The molecule has 2 aliphatic carbocycles. The average Bonchev–Trinajstić information content (AvgIpc) is 2.50. The van der Waals surface area contributed by atoms with Crippen molar-refractivity contribution < 1.29 is 28.9 Å². The summed E-state index contributed by atoms with van der Waals surface area (Å²) in [6.07, 6.45) is 9.12. The minimum atomic E-state index is -1.02. The molecule has 0 aliphatic heterocycles. The summed E-state index contributed by atoms with van der Waals surface area (Å²) in [5, 5.41) is 8.38. The third-order valence-corrected chi connectivity index (χ3v) is 4.83. The van der Waals surface area contributed by atoms with E-state index in [1.54, 1.807) is 0 Å². The first-order chi connectivity index (χ1) is 11.1. The standard InChI is InChI=1S/C17H28O6/c18-16(19)11-21-6-7-22-12-17(20)23-5-4-15-9-13-2-1-3-14(8-13)10-15/h13-15H,1-12H2,(H,18,19). The van der Waals surface area contributed by atoms with Gasteiger partial charge >= 0.3 is 11.9 Å². The van der Waals surface area contributed by atoms with Gasteiger partial charge < -0.3 is 19.3 Å². The topological polar surface area (TPSA) is 82.1 Å². The van der Waals surface area contributed by atoms with Crippen molar-refractivity contribution in [1.82, 2.24) is 0 Å². The van der Waals surface area contributed by atoms with Gasteiger partial charge in [0.25, 0.3) is 0 Å². The van der Waals surface area contributed by atoms with Crippen LogP contribution in [0.5, 0.6) is 0 Å². The smallest absolute Gasteiger partial charge is 0.332 e. The minimum absolute atomic E-state index is 0.105. The summed E-state index contributed by atoms with van der Waals surface area (Å²) in [6.45, 7) is 0.365. The van der Waals surface area contributed by atoms with Crippen LogP contribution in [0.4, 0.5) is 0 Å². The second kappa shape index (κ2) is 9.88. The zero-order valence-corrected chi connectivity index (χ0v) is 13.7. The number of carboxylic acids is 1. The number of aliphatic carboxylic acids is 1. The van der Waals surface area contributed by atoms with E-state index in [9.17, 15) is 9.59 Å². The molecule has 0 aromatic carbocycles. The Bertz CT molecular complexity index is 371. The SMILES string of the molecule is O=C(O)COCCOCC(=O)OCCC1CC2CCCC(C2)C1. The van der Waals surface area contributed by atoms with Gasteiger partial charge in [-0.3, -0.25) is 0 Å². The number of carbonyl (C=O) groups is 2. The second-order valence-electron chi connectivity index (χ2n) is 6.74. The maximum Gasteiger partial charge on any atom is 0.332 e. The molecule has 2 atom stereocenters. The summed E-state index contributed by atoms with van der Waals surface area (Å²) in [6, 6.07) is 0. The molecule has 6 nitrogen and oxygen atoms in total. The Morgan fingerprint density at radius 3 is 2.22 bits per heavy atom. The summed E-state index contributed by atoms with van der Waals surface area (Å²) >= 11 is 0. The lowest BCUT2D eigenvalue weighted by atomic mass is 9.67. The van der Waals surface area contributed by atoms with Crippen LogP contribution in [0, 0.1) is 17.8 Å². The summed E-state index contributed by atoms with van der Waals surface area (Å²) < 4.78 is 15.1. The second-order valence-corrected chi connectivity index (χ2v) is 6.74. The molecule has 2 unspecified atom stereocenters. The van der Waals surface area contributed by atoms with Crippen LogP contribution in [0.1, 0.15) is 44.9 Å². The molecular weight excluding hydrogens is 300 g/mol. The molecule has 2 saturated carbocycles. The zero-order chi connectivity index (χ0) is 16.5. The monoisotopic (exact) mass is 328 g/mol. The fourth-order valence-electron chi connectivity index (χ4n) is 3.92. The van der Waals surface area contributed by atoms with Crippen molar-refractivity contribution >= 4 is 11.9 Å². The van der Waals surface area contributed by atoms with Crippen molar-refractivity contribution in [3.05, 3.63) is 0 Å². The van der Waals surface area contributed by atoms with Gasteiger partial charge in [0.15, 0.2) is 0 Å². The first-order valence-electron chi connectivity index (χ1n) is 8.66. The highest BCUT2D eigenvalue weighted by molar-refractivity contribution is 5.70. The van der Waals surface area contributed by atoms with Crippen molar-refractivity contribution in [2.45, 2.75) is 44.9 Å². The Balaban J connectivity index is 1.46. The van der Waals surface area contributed by atoms with E-state index in [-0.39, 0.29) is 32.4 Å². The first kappa shape index (κ1) is 18.2. The molecule has 1 N–H and O–H groups in total. The highest BCUT2D eigenvalue weighted by Crippen LogP contribution is 2.43. The van der Waals surface area contributed by atoms with Crippen molar-refractivity contribution in [3.8, 4) is 0 Å². The molecule has 132 valence electrons. The molecular formula is C17H28O6. The summed E-state index contributed by atoms with van der Waals surface area (Å²) in [5.41, 5.74) is 0. The van der Waals surface area contributed by atoms with Gasteiger partial charge in [0.05, 0.1) is 19.8 Å². The number of carbonyl (C=O) groups excluding carboxylic acids is 1. The Hall–Kier alpha value is -1.14. The Morgan fingerprint density at radius 1 is 0.913 bits per heavy atom. The third kappa shape index (κ3) is 7.31. The fourth-order valence-corrected chi connectivity index (χ4v) is 3.92. The van der Waals surface area contributed by atoms with Crippen LogP contribution in [0.15, 0.2) is 0 Å². The average molecular weight is 328 g/mol. The molecule has 6 heteroatoms. The van der Waals surface area contributed by atoms with Gasteiger partial charge in [-0.2, -0.15) is 0 Å². The van der Waals surface area contributed by atoms with Crippen LogP contribution >= 0.6 is 0 Å². The normalized spacial score (nSPS) is 26.7. The third-order valence-electron chi connectivity index (χ3n) is 4.83. The van der Waals surface area contributed by atoms with Crippen molar-refractivity contribution in [2.24, 2.45) is 17.8 Å². The quantitative estimate of drug-likeness (QED) is 0.489. The summed E-state index contributed by atoms with van der Waals surface area (Å²) in [5.74, 6) is 1.13. The van der Waals surface area contributed by atoms with Crippen molar-refractivity contribution in [3.63, 3.8) is 0 Å². The van der Waals surface area contributed by atoms with E-state index in [0.717, 1.165) is 18.3 Å². The van der Waals surface area contributed by atoms with Gasteiger partial charge in [-0.05, 0) is 43.4 Å². The first-order valence-corrected chi connectivity index (χ1v) is 8.66. The van der Waals surface area contributed by atoms with Gasteiger partial charge in [0, 0.05) is 0 Å². The Labute approximate surface area is 137 Å². The van der Waals surface area contributed by atoms with Crippen LogP contribution in [0.2, 0.25) is 0 Å². The number of fused-ring (bicyclic) bond motifs is 2. The van der Waals surface area contributed by atoms with Crippen LogP contribution in [-0.4, -0.2) is 50.1 Å². The number of esters is 1. The molecule has 0 aromatic rings. The van der Waals surface area contributed by atoms with Crippen LogP contribution in [0.25, 0.3) is 0 Å². The van der Waals surface area contributed by atoms with Gasteiger partial charge in [-0.1, -0.05) is 19.3 Å². The van der Waals surface area contributed by atoms with E-state index < -0.39 is 5.97 Å². The summed E-state index contributed by atoms with van der Waals surface area (Å²) in [4.78, 5) is 21.8. The highest BCUT2D eigenvalue weighted by Gasteiger charge is 2.31.